The summed E-state index contributed by atoms with van der Waals surface area (Å²) in [4.78, 5) is 4.15. The monoisotopic (exact) mass is 168 g/mol. The summed E-state index contributed by atoms with van der Waals surface area (Å²) in [5.74, 6) is 0.940. The number of rotatable bonds is 1. The Bertz CT molecular complexity index is 254. The maximum absolute atomic E-state index is 5.32. The predicted octanol–water partition coefficient (Wildman–Crippen LogP) is -0.524. The lowest BCUT2D eigenvalue weighted by atomic mass is 10.2. The summed E-state index contributed by atoms with van der Waals surface area (Å²) >= 11 is 0. The van der Waals surface area contributed by atoms with E-state index in [9.17, 15) is 0 Å². The third-order valence-corrected chi connectivity index (χ3v) is 1.98. The van der Waals surface area contributed by atoms with Crippen molar-refractivity contribution < 1.29 is 4.74 Å². The van der Waals surface area contributed by atoms with Crippen molar-refractivity contribution in [3.05, 3.63) is 12.2 Å². The van der Waals surface area contributed by atoms with E-state index in [0.717, 1.165) is 19.0 Å². The molecule has 5 nitrogen and oxygen atoms in total. The highest BCUT2D eigenvalue weighted by molar-refractivity contribution is 4.94. The van der Waals surface area contributed by atoms with Gasteiger partial charge in [0.15, 0.2) is 0 Å². The smallest absolute Gasteiger partial charge is 0.146 e. The van der Waals surface area contributed by atoms with Crippen LogP contribution in [0.2, 0.25) is 0 Å². The van der Waals surface area contributed by atoms with Gasteiger partial charge in [-0.1, -0.05) is 0 Å². The van der Waals surface area contributed by atoms with Crippen LogP contribution in [0.4, 0.5) is 0 Å². The Morgan fingerprint density at radius 3 is 3.25 bits per heavy atom. The van der Waals surface area contributed by atoms with Crippen molar-refractivity contribution in [2.24, 2.45) is 7.05 Å². The third-order valence-electron chi connectivity index (χ3n) is 1.98. The molecule has 1 aromatic rings. The zero-order chi connectivity index (χ0) is 8.39. The molecule has 2 heterocycles. The number of aromatic nitrogens is 3. The van der Waals surface area contributed by atoms with Crippen molar-refractivity contribution in [1.82, 2.24) is 20.1 Å². The first-order chi connectivity index (χ1) is 5.88. The minimum Gasteiger partial charge on any atom is -0.378 e. The average Bonchev–Trinajstić information content (AvgIpc) is 2.53. The van der Waals surface area contributed by atoms with Crippen LogP contribution in [0.25, 0.3) is 0 Å². The van der Waals surface area contributed by atoms with Crippen LogP contribution in [0.1, 0.15) is 11.9 Å². The van der Waals surface area contributed by atoms with Gasteiger partial charge in [-0.3, -0.25) is 4.68 Å². The molecule has 0 saturated carbocycles. The first-order valence-electron chi connectivity index (χ1n) is 4.03. The van der Waals surface area contributed by atoms with Gasteiger partial charge in [0.2, 0.25) is 0 Å². The number of hydrogen-bond donors (Lipinski definition) is 1. The number of ether oxygens (including phenoxy) is 1. The van der Waals surface area contributed by atoms with E-state index in [0.29, 0.717) is 6.61 Å². The van der Waals surface area contributed by atoms with Crippen LogP contribution in [-0.4, -0.2) is 34.5 Å². The molecule has 5 heteroatoms. The lowest BCUT2D eigenvalue weighted by Gasteiger charge is -2.22. The van der Waals surface area contributed by atoms with Crippen LogP contribution < -0.4 is 5.32 Å². The van der Waals surface area contributed by atoms with E-state index in [1.165, 1.54) is 0 Å². The minimum absolute atomic E-state index is 0.200. The molecule has 0 aromatic carbocycles. The lowest BCUT2D eigenvalue weighted by Crippen LogP contribution is -2.36. The number of nitrogens with zero attached hydrogens (tertiary/aromatic N) is 3. The summed E-state index contributed by atoms with van der Waals surface area (Å²) < 4.78 is 7.09. The van der Waals surface area contributed by atoms with E-state index in [4.69, 9.17) is 4.74 Å². The summed E-state index contributed by atoms with van der Waals surface area (Å²) in [6, 6.07) is 0.200. The van der Waals surface area contributed by atoms with Gasteiger partial charge in [-0.25, -0.2) is 4.98 Å². The van der Waals surface area contributed by atoms with Gasteiger partial charge < -0.3 is 10.1 Å². The Kier molecular flexibility index (Phi) is 2.05. The largest absolute Gasteiger partial charge is 0.378 e. The van der Waals surface area contributed by atoms with Gasteiger partial charge >= 0.3 is 0 Å². The molecule has 1 fully saturated rings. The van der Waals surface area contributed by atoms with Crippen molar-refractivity contribution in [2.45, 2.75) is 6.04 Å². The quantitative estimate of drug-likeness (QED) is 0.613. The standard InChI is InChI=1S/C7H12N4O/c1-11-7(9-5-10-11)6-4-12-3-2-8-6/h5-6,8H,2-4H2,1H3. The van der Waals surface area contributed by atoms with Gasteiger partial charge in [-0.15, -0.1) is 0 Å². The second-order valence-corrected chi connectivity index (χ2v) is 2.82. The second kappa shape index (κ2) is 3.20. The van der Waals surface area contributed by atoms with Gasteiger partial charge in [0, 0.05) is 13.6 Å². The van der Waals surface area contributed by atoms with Gasteiger partial charge in [0.25, 0.3) is 0 Å². The molecule has 0 radical (unpaired) electrons. The summed E-state index contributed by atoms with van der Waals surface area (Å²) in [6.45, 7) is 2.36. The zero-order valence-electron chi connectivity index (χ0n) is 7.03. The Morgan fingerprint density at radius 2 is 2.67 bits per heavy atom. The molecule has 0 spiro atoms. The SMILES string of the molecule is Cn1ncnc1C1COCCN1. The first kappa shape index (κ1) is 7.70. The first-order valence-corrected chi connectivity index (χ1v) is 4.03. The van der Waals surface area contributed by atoms with Gasteiger partial charge in [0.1, 0.15) is 12.2 Å². The van der Waals surface area contributed by atoms with E-state index in [2.05, 4.69) is 15.4 Å². The Morgan fingerprint density at radius 1 is 1.75 bits per heavy atom. The molecule has 66 valence electrons. The number of nitrogens with one attached hydrogen (secondary N) is 1. The molecule has 12 heavy (non-hydrogen) atoms. The molecule has 0 amide bonds. The molecule has 1 aliphatic rings. The Balaban J connectivity index is 2.13. The van der Waals surface area contributed by atoms with Crippen LogP contribution in [-0.2, 0) is 11.8 Å². The van der Waals surface area contributed by atoms with Crippen LogP contribution in [0.15, 0.2) is 6.33 Å². The molecule has 1 N–H and O–H groups in total. The van der Waals surface area contributed by atoms with Crippen molar-refractivity contribution in [3.63, 3.8) is 0 Å². The summed E-state index contributed by atoms with van der Waals surface area (Å²) in [5, 5.41) is 7.32. The summed E-state index contributed by atoms with van der Waals surface area (Å²) in [7, 11) is 1.89. The molecule has 0 aliphatic carbocycles. The van der Waals surface area contributed by atoms with Gasteiger partial charge in [0.05, 0.1) is 19.3 Å². The highest BCUT2D eigenvalue weighted by atomic mass is 16.5. The molecule has 2 rings (SSSR count). The van der Waals surface area contributed by atoms with Crippen LogP contribution in [0.5, 0.6) is 0 Å². The van der Waals surface area contributed by atoms with Crippen molar-refractivity contribution in [2.75, 3.05) is 19.8 Å². The number of hydrogen-bond acceptors (Lipinski definition) is 4. The molecular weight excluding hydrogens is 156 g/mol. The summed E-state index contributed by atoms with van der Waals surface area (Å²) in [5.41, 5.74) is 0. The normalized spacial score (nSPS) is 24.2. The minimum atomic E-state index is 0.200. The topological polar surface area (TPSA) is 52.0 Å². The molecule has 1 saturated heterocycles. The van der Waals surface area contributed by atoms with E-state index in [1.54, 1.807) is 11.0 Å². The molecular formula is C7H12N4O. The number of morpholine rings is 1. The van der Waals surface area contributed by atoms with E-state index < -0.39 is 0 Å². The van der Waals surface area contributed by atoms with Gasteiger partial charge in [-0.2, -0.15) is 5.10 Å². The predicted molar refractivity (Wildman–Crippen MR) is 42.6 cm³/mol. The van der Waals surface area contributed by atoms with Crippen LogP contribution in [0.3, 0.4) is 0 Å². The molecule has 0 bridgehead atoms. The van der Waals surface area contributed by atoms with Gasteiger partial charge in [-0.05, 0) is 0 Å². The highest BCUT2D eigenvalue weighted by Gasteiger charge is 2.18. The fourth-order valence-corrected chi connectivity index (χ4v) is 1.35. The molecule has 1 aliphatic heterocycles. The fourth-order valence-electron chi connectivity index (χ4n) is 1.35. The van der Waals surface area contributed by atoms with E-state index >= 15 is 0 Å². The molecule has 1 aromatic heterocycles. The Labute approximate surface area is 70.7 Å². The average molecular weight is 168 g/mol. The van der Waals surface area contributed by atoms with Crippen molar-refractivity contribution in [1.29, 1.82) is 0 Å². The summed E-state index contributed by atoms with van der Waals surface area (Å²) in [6.07, 6.45) is 1.56. The maximum Gasteiger partial charge on any atom is 0.146 e. The zero-order valence-corrected chi connectivity index (χ0v) is 7.03. The number of aryl methyl sites for hydroxylation is 1. The van der Waals surface area contributed by atoms with Crippen LogP contribution >= 0.6 is 0 Å². The van der Waals surface area contributed by atoms with Crippen LogP contribution in [0, 0.1) is 0 Å². The van der Waals surface area contributed by atoms with E-state index in [-0.39, 0.29) is 6.04 Å². The maximum atomic E-state index is 5.32. The highest BCUT2D eigenvalue weighted by Crippen LogP contribution is 2.10. The van der Waals surface area contributed by atoms with Crippen molar-refractivity contribution in [3.8, 4) is 0 Å². The molecule has 1 unspecified atom stereocenters. The second-order valence-electron chi connectivity index (χ2n) is 2.82. The lowest BCUT2D eigenvalue weighted by molar-refractivity contribution is 0.0730. The Hall–Kier alpha value is -0.940. The van der Waals surface area contributed by atoms with Crippen molar-refractivity contribution >= 4 is 0 Å². The fraction of sp³-hybridized carbons (Fsp3) is 0.714. The third kappa shape index (κ3) is 1.33. The molecule has 1 atom stereocenters. The van der Waals surface area contributed by atoms with E-state index in [1.807, 2.05) is 7.05 Å².